The number of carbonyl (C=O) groups excluding carboxylic acids is 3. The fourth-order valence-corrected chi connectivity index (χ4v) is 2.51. The monoisotopic (exact) mass is 337 g/mol. The molecule has 0 saturated carbocycles. The van der Waals surface area contributed by atoms with Gasteiger partial charge in [-0.15, -0.1) is 0 Å². The van der Waals surface area contributed by atoms with Gasteiger partial charge in [0, 0.05) is 29.3 Å². The second-order valence-corrected chi connectivity index (χ2v) is 5.51. The van der Waals surface area contributed by atoms with E-state index in [0.29, 0.717) is 28.3 Å². The van der Waals surface area contributed by atoms with E-state index in [1.807, 2.05) is 0 Å². The number of nitrogens with zero attached hydrogens (tertiary/aromatic N) is 1. The van der Waals surface area contributed by atoms with Crippen molar-refractivity contribution < 1.29 is 19.1 Å². The SMILES string of the molecule is N[C@@H](Cc1cnc[nH]1)C(=O)Oc1c(C=O)ccc2cc(C=O)ccc12. The molecule has 126 valence electrons. The lowest BCUT2D eigenvalue weighted by Gasteiger charge is -2.14. The number of imidazole rings is 1. The van der Waals surface area contributed by atoms with E-state index in [0.717, 1.165) is 6.29 Å². The summed E-state index contributed by atoms with van der Waals surface area (Å²) in [5.74, 6) is -0.528. The predicted octanol–water partition coefficient (Wildman–Crippen LogP) is 1.66. The van der Waals surface area contributed by atoms with Crippen LogP contribution < -0.4 is 10.5 Å². The molecule has 1 atom stereocenters. The number of aromatic nitrogens is 2. The standard InChI is InChI=1S/C18H15N3O4/c19-16(6-14-7-20-10-21-14)18(24)25-17-13(9-23)3-2-12-5-11(8-22)1-4-15(12)17/h1-5,7-10,16H,6,19H2,(H,20,21)/t16-/m0/s1. The molecule has 0 fully saturated rings. The van der Waals surface area contributed by atoms with Crippen molar-refractivity contribution in [1.29, 1.82) is 0 Å². The number of rotatable bonds is 6. The smallest absolute Gasteiger partial charge is 0.328 e. The molecule has 0 saturated heterocycles. The predicted molar refractivity (Wildman–Crippen MR) is 90.6 cm³/mol. The summed E-state index contributed by atoms with van der Waals surface area (Å²) in [6.45, 7) is 0. The summed E-state index contributed by atoms with van der Waals surface area (Å²) in [5, 5.41) is 1.23. The third-order valence-corrected chi connectivity index (χ3v) is 3.79. The zero-order valence-corrected chi connectivity index (χ0v) is 13.1. The van der Waals surface area contributed by atoms with Crippen molar-refractivity contribution in [2.24, 2.45) is 5.73 Å². The fraction of sp³-hybridized carbons (Fsp3) is 0.111. The summed E-state index contributed by atoms with van der Waals surface area (Å²) in [7, 11) is 0. The lowest BCUT2D eigenvalue weighted by molar-refractivity contribution is -0.135. The molecule has 25 heavy (non-hydrogen) atoms. The highest BCUT2D eigenvalue weighted by molar-refractivity contribution is 6.00. The molecule has 0 unspecified atom stereocenters. The number of nitrogens with two attached hydrogens (primary N) is 1. The lowest BCUT2D eigenvalue weighted by Crippen LogP contribution is -2.36. The van der Waals surface area contributed by atoms with Gasteiger partial charge in [-0.25, -0.2) is 9.78 Å². The summed E-state index contributed by atoms with van der Waals surface area (Å²) < 4.78 is 5.42. The summed E-state index contributed by atoms with van der Waals surface area (Å²) in [6.07, 6.45) is 4.63. The highest BCUT2D eigenvalue weighted by atomic mass is 16.5. The minimum atomic E-state index is -0.913. The van der Waals surface area contributed by atoms with Gasteiger partial charge in [0.15, 0.2) is 6.29 Å². The van der Waals surface area contributed by atoms with E-state index >= 15 is 0 Å². The van der Waals surface area contributed by atoms with E-state index in [1.54, 1.807) is 30.5 Å². The van der Waals surface area contributed by atoms with Crippen LogP contribution in [0.5, 0.6) is 5.75 Å². The van der Waals surface area contributed by atoms with Crippen molar-refractivity contribution >= 4 is 29.3 Å². The molecule has 1 heterocycles. The van der Waals surface area contributed by atoms with Gasteiger partial charge in [-0.1, -0.05) is 12.1 Å². The van der Waals surface area contributed by atoms with Gasteiger partial charge in [-0.3, -0.25) is 9.59 Å². The zero-order valence-electron chi connectivity index (χ0n) is 13.1. The molecule has 7 nitrogen and oxygen atoms in total. The molecule has 0 amide bonds. The van der Waals surface area contributed by atoms with Crippen molar-refractivity contribution in [1.82, 2.24) is 9.97 Å². The van der Waals surface area contributed by atoms with Crippen LogP contribution in [0.2, 0.25) is 0 Å². The molecule has 0 aliphatic rings. The highest BCUT2D eigenvalue weighted by Gasteiger charge is 2.20. The Balaban J connectivity index is 1.92. The number of nitrogens with one attached hydrogen (secondary N) is 1. The molecule has 7 heteroatoms. The van der Waals surface area contributed by atoms with Crippen molar-refractivity contribution in [2.45, 2.75) is 12.5 Å². The number of hydrogen-bond donors (Lipinski definition) is 2. The molecule has 2 aromatic carbocycles. The third kappa shape index (κ3) is 3.46. The molecule has 0 radical (unpaired) electrons. The average molecular weight is 337 g/mol. The third-order valence-electron chi connectivity index (χ3n) is 3.79. The van der Waals surface area contributed by atoms with Crippen LogP contribution >= 0.6 is 0 Å². The molecule has 3 rings (SSSR count). The molecule has 0 spiro atoms. The van der Waals surface area contributed by atoms with Gasteiger partial charge in [0.05, 0.1) is 11.9 Å². The Morgan fingerprint density at radius 1 is 1.24 bits per heavy atom. The number of aromatic amines is 1. The van der Waals surface area contributed by atoms with Crippen molar-refractivity contribution in [3.05, 3.63) is 59.7 Å². The van der Waals surface area contributed by atoms with E-state index < -0.39 is 12.0 Å². The first-order valence-corrected chi connectivity index (χ1v) is 7.54. The summed E-state index contributed by atoms with van der Waals surface area (Å²) >= 11 is 0. The van der Waals surface area contributed by atoms with Crippen molar-refractivity contribution in [3.8, 4) is 5.75 Å². The van der Waals surface area contributed by atoms with Crippen LogP contribution in [-0.2, 0) is 11.2 Å². The molecule has 0 bridgehead atoms. The number of esters is 1. The first-order chi connectivity index (χ1) is 12.1. The minimum absolute atomic E-state index is 0.134. The first-order valence-electron chi connectivity index (χ1n) is 7.54. The van der Waals surface area contributed by atoms with E-state index in [1.165, 1.54) is 12.4 Å². The van der Waals surface area contributed by atoms with Crippen LogP contribution in [0.1, 0.15) is 26.4 Å². The van der Waals surface area contributed by atoms with Crippen LogP contribution in [0, 0.1) is 0 Å². The number of hydrogen-bond acceptors (Lipinski definition) is 6. The van der Waals surface area contributed by atoms with E-state index in [-0.39, 0.29) is 17.7 Å². The number of carbonyl (C=O) groups is 3. The average Bonchev–Trinajstić information content (AvgIpc) is 3.14. The number of ether oxygens (including phenoxy) is 1. The molecule has 0 aliphatic heterocycles. The van der Waals surface area contributed by atoms with Gasteiger partial charge < -0.3 is 15.5 Å². The molecule has 3 N–H and O–H groups in total. The van der Waals surface area contributed by atoms with Gasteiger partial charge in [-0.05, 0) is 23.6 Å². The minimum Gasteiger partial charge on any atom is -0.424 e. The fourth-order valence-electron chi connectivity index (χ4n) is 2.51. The van der Waals surface area contributed by atoms with E-state index in [9.17, 15) is 14.4 Å². The van der Waals surface area contributed by atoms with Gasteiger partial charge in [0.1, 0.15) is 18.1 Å². The molecular weight excluding hydrogens is 322 g/mol. The zero-order chi connectivity index (χ0) is 17.8. The topological polar surface area (TPSA) is 115 Å². The van der Waals surface area contributed by atoms with Crippen molar-refractivity contribution in [2.75, 3.05) is 0 Å². The Hall–Kier alpha value is -3.32. The Bertz CT molecular complexity index is 935. The molecular formula is C18H15N3O4. The summed E-state index contributed by atoms with van der Waals surface area (Å²) in [5.41, 5.74) is 7.30. The largest absolute Gasteiger partial charge is 0.424 e. The number of fused-ring (bicyclic) bond motifs is 1. The Labute approximate surface area is 142 Å². The van der Waals surface area contributed by atoms with Crippen LogP contribution in [0.25, 0.3) is 10.8 Å². The number of H-pyrrole nitrogens is 1. The second-order valence-electron chi connectivity index (χ2n) is 5.51. The van der Waals surface area contributed by atoms with Gasteiger partial charge in [0.25, 0.3) is 0 Å². The van der Waals surface area contributed by atoms with Crippen LogP contribution in [-0.4, -0.2) is 34.6 Å². The maximum absolute atomic E-state index is 12.3. The summed E-state index contributed by atoms with van der Waals surface area (Å²) in [6, 6.07) is 7.19. The van der Waals surface area contributed by atoms with Gasteiger partial charge in [-0.2, -0.15) is 0 Å². The molecule has 0 aliphatic carbocycles. The second kappa shape index (κ2) is 7.06. The molecule has 3 aromatic rings. The van der Waals surface area contributed by atoms with Crippen LogP contribution in [0.4, 0.5) is 0 Å². The Morgan fingerprint density at radius 3 is 2.76 bits per heavy atom. The normalized spacial score (nSPS) is 11.9. The highest BCUT2D eigenvalue weighted by Crippen LogP contribution is 2.30. The molecule has 1 aromatic heterocycles. The lowest BCUT2D eigenvalue weighted by atomic mass is 10.0. The number of aldehydes is 2. The quantitative estimate of drug-likeness (QED) is 0.401. The van der Waals surface area contributed by atoms with Crippen LogP contribution in [0.15, 0.2) is 42.9 Å². The maximum atomic E-state index is 12.3. The summed E-state index contributed by atoms with van der Waals surface area (Å²) in [4.78, 5) is 41.3. The van der Waals surface area contributed by atoms with Crippen molar-refractivity contribution in [3.63, 3.8) is 0 Å². The maximum Gasteiger partial charge on any atom is 0.328 e. The Morgan fingerprint density at radius 2 is 2.08 bits per heavy atom. The van der Waals surface area contributed by atoms with Gasteiger partial charge in [0.2, 0.25) is 0 Å². The number of benzene rings is 2. The Kier molecular flexibility index (Phi) is 4.67. The van der Waals surface area contributed by atoms with Gasteiger partial charge >= 0.3 is 5.97 Å². The van der Waals surface area contributed by atoms with E-state index in [4.69, 9.17) is 10.5 Å². The van der Waals surface area contributed by atoms with Crippen LogP contribution in [0.3, 0.4) is 0 Å². The first kappa shape index (κ1) is 16.5. The van der Waals surface area contributed by atoms with E-state index in [2.05, 4.69) is 9.97 Å².